The van der Waals surface area contributed by atoms with Gasteiger partial charge in [0.2, 0.25) is 0 Å². The minimum absolute atomic E-state index is 0.236. The third-order valence-electron chi connectivity index (χ3n) is 3.61. The number of nitrogens with zero attached hydrogens (tertiary/aromatic N) is 1. The van der Waals surface area contributed by atoms with E-state index in [0.717, 1.165) is 0 Å². The fourth-order valence-electron chi connectivity index (χ4n) is 2.46. The van der Waals surface area contributed by atoms with Gasteiger partial charge in [-0.2, -0.15) is 0 Å². The first kappa shape index (κ1) is 16.4. The number of carbonyl (C=O) groups excluding carboxylic acids is 2. The first-order valence-corrected chi connectivity index (χ1v) is 7.55. The van der Waals surface area contributed by atoms with Crippen molar-refractivity contribution in [3.05, 3.63) is 78.0 Å². The number of amides is 2. The standard InChI is InChI=1S/C19H15N3O3/c23-17(22-25)10-9-13-11-12-20-15-7-4-8-16(18(13)15)21-19(24)14-5-2-1-3-6-14/h1-12,25H,(H,21,24)(H,22,23)/b10-9+. The van der Waals surface area contributed by atoms with Gasteiger partial charge in [-0.1, -0.05) is 24.3 Å². The van der Waals surface area contributed by atoms with Crippen LogP contribution in [-0.4, -0.2) is 22.0 Å². The van der Waals surface area contributed by atoms with Gasteiger partial charge in [0.1, 0.15) is 0 Å². The van der Waals surface area contributed by atoms with Crippen LogP contribution in [0, 0.1) is 0 Å². The van der Waals surface area contributed by atoms with Gasteiger partial charge in [0, 0.05) is 23.2 Å². The second-order valence-electron chi connectivity index (χ2n) is 5.23. The Labute approximate surface area is 143 Å². The van der Waals surface area contributed by atoms with Crippen LogP contribution in [0.3, 0.4) is 0 Å². The van der Waals surface area contributed by atoms with Crippen molar-refractivity contribution in [2.75, 3.05) is 5.32 Å². The zero-order valence-electron chi connectivity index (χ0n) is 13.1. The summed E-state index contributed by atoms with van der Waals surface area (Å²) in [5.41, 5.74) is 4.04. The maximum atomic E-state index is 12.4. The number of pyridine rings is 1. The lowest BCUT2D eigenvalue weighted by Gasteiger charge is -2.10. The summed E-state index contributed by atoms with van der Waals surface area (Å²) in [4.78, 5) is 28.0. The molecule has 3 aromatic rings. The Morgan fingerprint density at radius 3 is 2.56 bits per heavy atom. The van der Waals surface area contributed by atoms with Gasteiger partial charge in [0.05, 0.1) is 11.2 Å². The first-order chi connectivity index (χ1) is 12.2. The number of nitrogens with one attached hydrogen (secondary N) is 2. The third-order valence-corrected chi connectivity index (χ3v) is 3.61. The molecule has 25 heavy (non-hydrogen) atoms. The molecular weight excluding hydrogens is 318 g/mol. The Balaban J connectivity index is 2.02. The number of hydroxylamine groups is 1. The third kappa shape index (κ3) is 3.70. The van der Waals surface area contributed by atoms with Crippen LogP contribution >= 0.6 is 0 Å². The molecule has 0 radical (unpaired) electrons. The normalized spacial score (nSPS) is 10.8. The number of hydrogen-bond donors (Lipinski definition) is 3. The number of benzene rings is 2. The second-order valence-corrected chi connectivity index (χ2v) is 5.23. The molecular formula is C19H15N3O3. The van der Waals surface area contributed by atoms with E-state index in [9.17, 15) is 9.59 Å². The van der Waals surface area contributed by atoms with Gasteiger partial charge in [-0.3, -0.25) is 19.8 Å². The molecule has 124 valence electrons. The highest BCUT2D eigenvalue weighted by Gasteiger charge is 2.10. The topological polar surface area (TPSA) is 91.3 Å². The van der Waals surface area contributed by atoms with Crippen molar-refractivity contribution in [2.45, 2.75) is 0 Å². The summed E-state index contributed by atoms with van der Waals surface area (Å²) in [6.45, 7) is 0. The molecule has 6 nitrogen and oxygen atoms in total. The van der Waals surface area contributed by atoms with Gasteiger partial charge < -0.3 is 5.32 Å². The molecule has 0 unspecified atom stereocenters. The summed E-state index contributed by atoms with van der Waals surface area (Å²) >= 11 is 0. The molecule has 3 N–H and O–H groups in total. The molecule has 0 spiro atoms. The van der Waals surface area contributed by atoms with Crippen LogP contribution in [0.2, 0.25) is 0 Å². The van der Waals surface area contributed by atoms with Crippen LogP contribution in [0.15, 0.2) is 66.9 Å². The van der Waals surface area contributed by atoms with E-state index in [1.165, 1.54) is 6.08 Å². The molecule has 0 bridgehead atoms. The lowest BCUT2D eigenvalue weighted by molar-refractivity contribution is -0.124. The number of carbonyl (C=O) groups is 2. The molecule has 0 saturated heterocycles. The molecule has 1 aromatic heterocycles. The minimum atomic E-state index is -0.643. The average Bonchev–Trinajstić information content (AvgIpc) is 2.66. The molecule has 0 aliphatic heterocycles. The fraction of sp³-hybridized carbons (Fsp3) is 0. The average molecular weight is 333 g/mol. The molecule has 0 aliphatic rings. The Kier molecular flexibility index (Phi) is 4.82. The van der Waals surface area contributed by atoms with Crippen molar-refractivity contribution < 1.29 is 14.8 Å². The van der Waals surface area contributed by atoms with E-state index in [0.29, 0.717) is 27.7 Å². The summed E-state index contributed by atoms with van der Waals surface area (Å²) in [7, 11) is 0. The van der Waals surface area contributed by atoms with Gasteiger partial charge in [0.25, 0.3) is 11.8 Å². The van der Waals surface area contributed by atoms with Crippen LogP contribution < -0.4 is 10.8 Å². The van der Waals surface area contributed by atoms with Crippen molar-refractivity contribution in [1.29, 1.82) is 0 Å². The highest BCUT2D eigenvalue weighted by Crippen LogP contribution is 2.27. The van der Waals surface area contributed by atoms with E-state index in [-0.39, 0.29) is 5.91 Å². The van der Waals surface area contributed by atoms with E-state index >= 15 is 0 Å². The SMILES string of the molecule is O=C(/C=C/c1ccnc2cccc(NC(=O)c3ccccc3)c12)NO. The molecule has 0 atom stereocenters. The van der Waals surface area contributed by atoms with Gasteiger partial charge in [-0.15, -0.1) is 0 Å². The zero-order chi connectivity index (χ0) is 17.6. The molecule has 2 aromatic carbocycles. The molecule has 0 saturated carbocycles. The van der Waals surface area contributed by atoms with E-state index in [1.54, 1.807) is 60.2 Å². The van der Waals surface area contributed by atoms with Crippen molar-refractivity contribution in [1.82, 2.24) is 10.5 Å². The summed E-state index contributed by atoms with van der Waals surface area (Å²) in [5, 5.41) is 12.2. The van der Waals surface area contributed by atoms with Crippen LogP contribution in [0.1, 0.15) is 15.9 Å². The van der Waals surface area contributed by atoms with Crippen LogP contribution in [0.5, 0.6) is 0 Å². The van der Waals surface area contributed by atoms with Gasteiger partial charge in [-0.05, 0) is 42.0 Å². The number of anilines is 1. The van der Waals surface area contributed by atoms with Gasteiger partial charge >= 0.3 is 0 Å². The van der Waals surface area contributed by atoms with Crippen LogP contribution in [0.4, 0.5) is 5.69 Å². The Morgan fingerprint density at radius 2 is 1.80 bits per heavy atom. The van der Waals surface area contributed by atoms with E-state index in [4.69, 9.17) is 5.21 Å². The lowest BCUT2D eigenvalue weighted by Crippen LogP contribution is -2.14. The summed E-state index contributed by atoms with van der Waals surface area (Å²) in [6.07, 6.45) is 4.36. The Bertz CT molecular complexity index is 947. The summed E-state index contributed by atoms with van der Waals surface area (Å²) in [5.74, 6) is -0.879. The quantitative estimate of drug-likeness (QED) is 0.389. The van der Waals surface area contributed by atoms with E-state index in [1.807, 2.05) is 12.1 Å². The largest absolute Gasteiger partial charge is 0.321 e. The van der Waals surface area contributed by atoms with E-state index in [2.05, 4.69) is 10.3 Å². The smallest absolute Gasteiger partial charge is 0.267 e. The van der Waals surface area contributed by atoms with Crippen molar-refractivity contribution in [3.63, 3.8) is 0 Å². The highest BCUT2D eigenvalue weighted by molar-refractivity contribution is 6.10. The van der Waals surface area contributed by atoms with E-state index < -0.39 is 5.91 Å². The van der Waals surface area contributed by atoms with Crippen molar-refractivity contribution in [2.24, 2.45) is 0 Å². The maximum Gasteiger partial charge on any atom is 0.267 e. The number of hydrogen-bond acceptors (Lipinski definition) is 4. The molecule has 6 heteroatoms. The first-order valence-electron chi connectivity index (χ1n) is 7.55. The van der Waals surface area contributed by atoms with Crippen molar-refractivity contribution in [3.8, 4) is 0 Å². The molecule has 2 amide bonds. The summed E-state index contributed by atoms with van der Waals surface area (Å²) in [6, 6.07) is 16.0. The molecule has 0 fully saturated rings. The predicted octanol–water partition coefficient (Wildman–Crippen LogP) is 3.01. The maximum absolute atomic E-state index is 12.4. The van der Waals surface area contributed by atoms with Crippen molar-refractivity contribution >= 4 is 34.5 Å². The number of aromatic nitrogens is 1. The van der Waals surface area contributed by atoms with Gasteiger partial charge in [0.15, 0.2) is 0 Å². The highest BCUT2D eigenvalue weighted by atomic mass is 16.5. The molecule has 1 heterocycles. The fourth-order valence-corrected chi connectivity index (χ4v) is 2.46. The lowest BCUT2D eigenvalue weighted by atomic mass is 10.1. The predicted molar refractivity (Wildman–Crippen MR) is 95.1 cm³/mol. The summed E-state index contributed by atoms with van der Waals surface area (Å²) < 4.78 is 0. The second kappa shape index (κ2) is 7.37. The number of fused-ring (bicyclic) bond motifs is 1. The zero-order valence-corrected chi connectivity index (χ0v) is 13.1. The van der Waals surface area contributed by atoms with Crippen LogP contribution in [0.25, 0.3) is 17.0 Å². The monoisotopic (exact) mass is 333 g/mol. The minimum Gasteiger partial charge on any atom is -0.321 e. The number of rotatable bonds is 4. The molecule has 0 aliphatic carbocycles. The molecule has 3 rings (SSSR count). The van der Waals surface area contributed by atoms with Crippen LogP contribution in [-0.2, 0) is 4.79 Å². The van der Waals surface area contributed by atoms with Gasteiger partial charge in [-0.25, -0.2) is 5.48 Å². The Morgan fingerprint density at radius 1 is 1.00 bits per heavy atom. The Hall–Kier alpha value is -3.51.